The highest BCUT2D eigenvalue weighted by atomic mass is 15.2. The first-order valence-electron chi connectivity index (χ1n) is 5.42. The summed E-state index contributed by atoms with van der Waals surface area (Å²) in [7, 11) is 0. The summed E-state index contributed by atoms with van der Waals surface area (Å²) < 4.78 is 0. The normalized spacial score (nSPS) is 18.4. The first kappa shape index (κ1) is 9.65. The summed E-state index contributed by atoms with van der Waals surface area (Å²) in [6.07, 6.45) is 5.64. The molecule has 1 aliphatic rings. The molecule has 1 aromatic heterocycles. The number of nitrogens with two attached hydrogens (primary N) is 1. The van der Waals surface area contributed by atoms with Gasteiger partial charge in [-0.1, -0.05) is 0 Å². The van der Waals surface area contributed by atoms with E-state index in [1.165, 1.54) is 12.8 Å². The Balaban J connectivity index is 1.78. The lowest BCUT2D eigenvalue weighted by atomic mass is 10.1. The Bertz CT molecular complexity index is 288. The van der Waals surface area contributed by atoms with E-state index in [4.69, 9.17) is 5.73 Å². The van der Waals surface area contributed by atoms with Crippen molar-refractivity contribution in [2.24, 2.45) is 5.73 Å². The third-order valence-corrected chi connectivity index (χ3v) is 2.56. The van der Waals surface area contributed by atoms with Gasteiger partial charge in [-0.2, -0.15) is 5.10 Å². The van der Waals surface area contributed by atoms with Gasteiger partial charge in [0.2, 0.25) is 0 Å². The predicted molar refractivity (Wildman–Crippen MR) is 54.9 cm³/mol. The van der Waals surface area contributed by atoms with E-state index in [0.29, 0.717) is 12.0 Å². The van der Waals surface area contributed by atoms with Crippen LogP contribution in [0.2, 0.25) is 0 Å². The number of H-pyrrole nitrogens is 1. The van der Waals surface area contributed by atoms with Crippen LogP contribution >= 0.6 is 0 Å². The van der Waals surface area contributed by atoms with Crippen molar-refractivity contribution >= 4 is 0 Å². The average Bonchev–Trinajstić information content (AvgIpc) is 2.87. The fraction of sp³-hybridized carbons (Fsp3) is 0.800. The SMILES string of the molecule is CC(N)CCCc1nc(C2CC2)n[nH]1. The highest BCUT2D eigenvalue weighted by Gasteiger charge is 2.27. The minimum atomic E-state index is 0.292. The van der Waals surface area contributed by atoms with Gasteiger partial charge in [-0.05, 0) is 32.6 Å². The molecular formula is C10H18N4. The van der Waals surface area contributed by atoms with Gasteiger partial charge in [-0.15, -0.1) is 0 Å². The van der Waals surface area contributed by atoms with Crippen LogP contribution in [0.25, 0.3) is 0 Å². The largest absolute Gasteiger partial charge is 0.328 e. The minimum Gasteiger partial charge on any atom is -0.328 e. The van der Waals surface area contributed by atoms with E-state index in [-0.39, 0.29) is 0 Å². The van der Waals surface area contributed by atoms with E-state index < -0.39 is 0 Å². The summed E-state index contributed by atoms with van der Waals surface area (Å²) in [6, 6.07) is 0.292. The van der Waals surface area contributed by atoms with Gasteiger partial charge in [-0.25, -0.2) is 4.98 Å². The van der Waals surface area contributed by atoms with Crippen LogP contribution in [0.15, 0.2) is 0 Å². The molecule has 2 rings (SSSR count). The van der Waals surface area contributed by atoms with Crippen LogP contribution in [0.1, 0.15) is 50.2 Å². The van der Waals surface area contributed by atoms with Gasteiger partial charge in [0, 0.05) is 18.4 Å². The summed E-state index contributed by atoms with van der Waals surface area (Å²) in [4.78, 5) is 4.46. The van der Waals surface area contributed by atoms with E-state index in [1.807, 2.05) is 6.92 Å². The summed E-state index contributed by atoms with van der Waals surface area (Å²) in [6.45, 7) is 2.04. The Kier molecular flexibility index (Phi) is 2.82. The summed E-state index contributed by atoms with van der Waals surface area (Å²) in [5.74, 6) is 2.68. The van der Waals surface area contributed by atoms with Gasteiger partial charge in [0.1, 0.15) is 5.82 Å². The molecule has 1 unspecified atom stereocenters. The zero-order valence-corrected chi connectivity index (χ0v) is 8.66. The molecule has 1 aliphatic carbocycles. The Morgan fingerprint density at radius 1 is 1.57 bits per heavy atom. The van der Waals surface area contributed by atoms with Crippen LogP contribution in [0.5, 0.6) is 0 Å². The van der Waals surface area contributed by atoms with Gasteiger partial charge in [-0.3, -0.25) is 5.10 Å². The zero-order chi connectivity index (χ0) is 9.97. The number of nitrogens with zero attached hydrogens (tertiary/aromatic N) is 2. The molecule has 3 N–H and O–H groups in total. The molecule has 1 fully saturated rings. The molecule has 0 aromatic carbocycles. The lowest BCUT2D eigenvalue weighted by Crippen LogP contribution is -2.14. The maximum absolute atomic E-state index is 5.67. The standard InChI is InChI=1S/C10H18N4/c1-7(11)3-2-4-9-12-10(14-13-9)8-5-6-8/h7-8H,2-6,11H2,1H3,(H,12,13,14). The molecule has 4 heteroatoms. The molecule has 4 nitrogen and oxygen atoms in total. The fourth-order valence-electron chi connectivity index (χ4n) is 1.54. The summed E-state index contributed by atoms with van der Waals surface area (Å²) in [5, 5.41) is 7.21. The maximum atomic E-state index is 5.67. The van der Waals surface area contributed by atoms with E-state index in [0.717, 1.165) is 30.9 Å². The number of nitrogens with one attached hydrogen (secondary N) is 1. The van der Waals surface area contributed by atoms with Crippen molar-refractivity contribution in [3.63, 3.8) is 0 Å². The smallest absolute Gasteiger partial charge is 0.153 e. The van der Waals surface area contributed by atoms with Gasteiger partial charge >= 0.3 is 0 Å². The molecule has 1 aromatic rings. The molecule has 14 heavy (non-hydrogen) atoms. The van der Waals surface area contributed by atoms with Crippen LogP contribution in [-0.4, -0.2) is 21.2 Å². The fourth-order valence-corrected chi connectivity index (χ4v) is 1.54. The molecule has 1 heterocycles. The second kappa shape index (κ2) is 4.09. The van der Waals surface area contributed by atoms with Gasteiger partial charge in [0.05, 0.1) is 0 Å². The Labute approximate surface area is 84.3 Å². The number of hydrogen-bond donors (Lipinski definition) is 2. The molecule has 0 bridgehead atoms. The van der Waals surface area contributed by atoms with E-state index >= 15 is 0 Å². The van der Waals surface area contributed by atoms with Gasteiger partial charge in [0.15, 0.2) is 5.82 Å². The van der Waals surface area contributed by atoms with Gasteiger partial charge in [0.25, 0.3) is 0 Å². The second-order valence-electron chi connectivity index (χ2n) is 4.28. The topological polar surface area (TPSA) is 67.6 Å². The lowest BCUT2D eigenvalue weighted by molar-refractivity contribution is 0.614. The third-order valence-electron chi connectivity index (χ3n) is 2.56. The highest BCUT2D eigenvalue weighted by Crippen LogP contribution is 2.37. The summed E-state index contributed by atoms with van der Waals surface area (Å²) >= 11 is 0. The van der Waals surface area contributed by atoms with Crippen molar-refractivity contribution in [2.45, 2.75) is 51.0 Å². The van der Waals surface area contributed by atoms with Crippen molar-refractivity contribution in [2.75, 3.05) is 0 Å². The highest BCUT2D eigenvalue weighted by molar-refractivity contribution is 5.04. The number of hydrogen-bond acceptors (Lipinski definition) is 3. The Morgan fingerprint density at radius 2 is 2.36 bits per heavy atom. The van der Waals surface area contributed by atoms with Crippen molar-refractivity contribution < 1.29 is 0 Å². The second-order valence-corrected chi connectivity index (χ2v) is 4.28. The van der Waals surface area contributed by atoms with Crippen LogP contribution in [0.3, 0.4) is 0 Å². The van der Waals surface area contributed by atoms with E-state index in [2.05, 4.69) is 15.2 Å². The first-order chi connectivity index (χ1) is 6.75. The van der Waals surface area contributed by atoms with Crippen LogP contribution in [0, 0.1) is 0 Å². The molecule has 0 radical (unpaired) electrons. The number of aromatic amines is 1. The molecule has 0 aliphatic heterocycles. The Hall–Kier alpha value is -0.900. The number of rotatable bonds is 5. The van der Waals surface area contributed by atoms with Crippen molar-refractivity contribution in [1.29, 1.82) is 0 Å². The van der Waals surface area contributed by atoms with Gasteiger partial charge < -0.3 is 5.73 Å². The average molecular weight is 194 g/mol. The van der Waals surface area contributed by atoms with Crippen LogP contribution in [0.4, 0.5) is 0 Å². The molecule has 78 valence electrons. The number of aromatic nitrogens is 3. The van der Waals surface area contributed by atoms with Crippen LogP contribution < -0.4 is 5.73 Å². The maximum Gasteiger partial charge on any atom is 0.153 e. The Morgan fingerprint density at radius 3 is 3.00 bits per heavy atom. The lowest BCUT2D eigenvalue weighted by Gasteiger charge is -2.01. The molecular weight excluding hydrogens is 176 g/mol. The van der Waals surface area contributed by atoms with Crippen molar-refractivity contribution in [3.05, 3.63) is 11.6 Å². The summed E-state index contributed by atoms with van der Waals surface area (Å²) in [5.41, 5.74) is 5.67. The molecule has 0 spiro atoms. The molecule has 1 saturated carbocycles. The van der Waals surface area contributed by atoms with Crippen molar-refractivity contribution in [3.8, 4) is 0 Å². The van der Waals surface area contributed by atoms with Crippen molar-refractivity contribution in [1.82, 2.24) is 15.2 Å². The van der Waals surface area contributed by atoms with Crippen LogP contribution in [-0.2, 0) is 6.42 Å². The molecule has 0 saturated heterocycles. The molecule has 0 amide bonds. The minimum absolute atomic E-state index is 0.292. The first-order valence-corrected chi connectivity index (χ1v) is 5.42. The van der Waals surface area contributed by atoms with E-state index in [9.17, 15) is 0 Å². The predicted octanol–water partition coefficient (Wildman–Crippen LogP) is 1.35. The quantitative estimate of drug-likeness (QED) is 0.743. The zero-order valence-electron chi connectivity index (χ0n) is 8.66. The number of aryl methyl sites for hydroxylation is 1. The molecule has 1 atom stereocenters. The third kappa shape index (κ3) is 2.54. The monoisotopic (exact) mass is 194 g/mol. The van der Waals surface area contributed by atoms with E-state index in [1.54, 1.807) is 0 Å².